The third-order valence-corrected chi connectivity index (χ3v) is 7.96. The third kappa shape index (κ3) is 4.28. The van der Waals surface area contributed by atoms with Gasteiger partial charge in [-0.3, -0.25) is 4.57 Å². The fraction of sp³-hybridized carbons (Fsp3) is 0.619. The van der Waals surface area contributed by atoms with Crippen molar-refractivity contribution >= 4 is 10.0 Å². The van der Waals surface area contributed by atoms with Crippen LogP contribution in [0.2, 0.25) is 0 Å². The van der Waals surface area contributed by atoms with Gasteiger partial charge in [0.2, 0.25) is 10.0 Å². The van der Waals surface area contributed by atoms with Gasteiger partial charge >= 0.3 is 5.69 Å². The lowest BCUT2D eigenvalue weighted by molar-refractivity contribution is 0.182. The Balaban J connectivity index is 1.64. The topological polar surface area (TPSA) is 105 Å². The van der Waals surface area contributed by atoms with E-state index in [4.69, 9.17) is 14.2 Å². The number of methoxy groups -OCH3 is 3. The van der Waals surface area contributed by atoms with Crippen molar-refractivity contribution in [1.82, 2.24) is 18.7 Å². The maximum Gasteiger partial charge on any atom is 0.346 e. The van der Waals surface area contributed by atoms with E-state index in [9.17, 15) is 13.2 Å². The summed E-state index contributed by atoms with van der Waals surface area (Å²) in [5.41, 5.74) is -0.142. The normalized spacial score (nSPS) is 19.8. The van der Waals surface area contributed by atoms with Crippen molar-refractivity contribution in [2.24, 2.45) is 0 Å². The first-order valence-electron chi connectivity index (χ1n) is 10.8. The van der Waals surface area contributed by atoms with E-state index >= 15 is 0 Å². The van der Waals surface area contributed by atoms with Gasteiger partial charge in [-0.1, -0.05) is 0 Å². The van der Waals surface area contributed by atoms with Crippen molar-refractivity contribution in [1.29, 1.82) is 0 Å². The molecule has 1 aliphatic carbocycles. The Morgan fingerprint density at radius 3 is 2.56 bits per heavy atom. The summed E-state index contributed by atoms with van der Waals surface area (Å²) in [5.74, 6) is 1.28. The lowest BCUT2D eigenvalue weighted by Crippen LogP contribution is -2.40. The zero-order valence-electron chi connectivity index (χ0n) is 18.7. The average molecular weight is 467 g/mol. The highest BCUT2D eigenvalue weighted by atomic mass is 32.2. The van der Waals surface area contributed by atoms with Crippen molar-refractivity contribution in [2.75, 3.05) is 41.0 Å². The lowest BCUT2D eigenvalue weighted by atomic mass is 9.99. The molecule has 0 N–H and O–H groups in total. The Hall–Kier alpha value is -2.37. The number of hydrogen-bond donors (Lipinski definition) is 0. The van der Waals surface area contributed by atoms with Crippen molar-refractivity contribution in [3.8, 4) is 11.5 Å². The summed E-state index contributed by atoms with van der Waals surface area (Å²) in [7, 11) is 0.745. The highest BCUT2D eigenvalue weighted by Crippen LogP contribution is 2.38. The first-order valence-corrected chi connectivity index (χ1v) is 12.2. The third-order valence-electron chi connectivity index (χ3n) is 6.05. The highest BCUT2D eigenvalue weighted by Gasteiger charge is 2.38. The number of nitrogens with zero attached hydrogens (tertiary/aromatic N) is 4. The molecule has 1 unspecified atom stereocenters. The maximum absolute atomic E-state index is 13.5. The molecule has 1 aromatic heterocycles. The van der Waals surface area contributed by atoms with Crippen LogP contribution in [-0.4, -0.2) is 68.1 Å². The molecule has 0 bridgehead atoms. The van der Waals surface area contributed by atoms with E-state index in [1.165, 1.54) is 29.3 Å². The minimum absolute atomic E-state index is 0.103. The predicted molar refractivity (Wildman–Crippen MR) is 117 cm³/mol. The zero-order chi connectivity index (χ0) is 22.9. The Labute approximate surface area is 187 Å². The Morgan fingerprint density at radius 2 is 1.91 bits per heavy atom. The molecule has 2 fully saturated rings. The van der Waals surface area contributed by atoms with E-state index in [1.807, 2.05) is 0 Å². The van der Waals surface area contributed by atoms with Crippen LogP contribution in [0.3, 0.4) is 0 Å². The van der Waals surface area contributed by atoms with E-state index < -0.39 is 10.0 Å². The molecular formula is C21H30N4O6S. The van der Waals surface area contributed by atoms with Gasteiger partial charge in [0.1, 0.15) is 22.2 Å². The molecule has 0 spiro atoms. The van der Waals surface area contributed by atoms with Crippen LogP contribution in [0.15, 0.2) is 27.9 Å². The second-order valence-corrected chi connectivity index (χ2v) is 10.1. The smallest absolute Gasteiger partial charge is 0.346 e. The quantitative estimate of drug-likeness (QED) is 0.553. The Bertz CT molecular complexity index is 1120. The molecule has 4 rings (SSSR count). The molecule has 1 saturated carbocycles. The molecule has 0 radical (unpaired) electrons. The predicted octanol–water partition coefficient (Wildman–Crippen LogP) is 1.61. The van der Waals surface area contributed by atoms with Crippen LogP contribution in [0.25, 0.3) is 0 Å². The molecule has 2 aliphatic rings. The summed E-state index contributed by atoms with van der Waals surface area (Å²) >= 11 is 0. The van der Waals surface area contributed by atoms with Crippen LogP contribution in [0, 0.1) is 0 Å². The van der Waals surface area contributed by atoms with E-state index in [2.05, 4.69) is 5.10 Å². The first-order chi connectivity index (χ1) is 15.4. The van der Waals surface area contributed by atoms with E-state index in [0.29, 0.717) is 37.7 Å². The maximum atomic E-state index is 13.5. The summed E-state index contributed by atoms with van der Waals surface area (Å²) in [4.78, 5) is 13.0. The molecule has 1 saturated heterocycles. The van der Waals surface area contributed by atoms with Crippen LogP contribution in [0.5, 0.6) is 11.5 Å². The van der Waals surface area contributed by atoms with Gasteiger partial charge in [-0.15, -0.1) is 0 Å². The highest BCUT2D eigenvalue weighted by molar-refractivity contribution is 7.89. The van der Waals surface area contributed by atoms with Gasteiger partial charge in [0.25, 0.3) is 0 Å². The van der Waals surface area contributed by atoms with Crippen molar-refractivity contribution in [3.63, 3.8) is 0 Å². The van der Waals surface area contributed by atoms with Gasteiger partial charge in [-0.2, -0.15) is 9.40 Å². The minimum Gasteiger partial charge on any atom is -0.497 e. The van der Waals surface area contributed by atoms with Gasteiger partial charge in [0.15, 0.2) is 0 Å². The number of piperidine rings is 1. The summed E-state index contributed by atoms with van der Waals surface area (Å²) in [6.45, 7) is 1.44. The van der Waals surface area contributed by atoms with E-state index in [1.54, 1.807) is 23.8 Å². The van der Waals surface area contributed by atoms with Gasteiger partial charge in [-0.25, -0.2) is 17.9 Å². The monoisotopic (exact) mass is 466 g/mol. The first kappa shape index (κ1) is 22.8. The molecule has 1 aliphatic heterocycles. The Kier molecular flexibility index (Phi) is 6.59. The summed E-state index contributed by atoms with van der Waals surface area (Å²) in [5, 5.41) is 4.60. The average Bonchev–Trinajstić information content (AvgIpc) is 3.60. The summed E-state index contributed by atoms with van der Waals surface area (Å²) < 4.78 is 47.3. The van der Waals surface area contributed by atoms with Gasteiger partial charge in [-0.05, 0) is 37.8 Å². The lowest BCUT2D eigenvalue weighted by Gasteiger charge is -2.31. The number of rotatable bonds is 9. The second kappa shape index (κ2) is 9.24. The standard InChI is InChI=1S/C21H30N4O6S/c1-29-12-11-24-21(26)25(16-6-7-16)20(22-24)15-5-4-10-23(14-15)32(27,28)19-9-8-17(30-2)13-18(19)31-3/h8-9,13,15-16H,4-7,10-12,14H2,1-3H3. The molecule has 2 aromatic rings. The SMILES string of the molecule is COCCn1nc(C2CCCN(S(=O)(=O)c3ccc(OC)cc3OC)C2)n(C2CC2)c1=O. The Morgan fingerprint density at radius 1 is 1.12 bits per heavy atom. The molecule has 0 amide bonds. The molecule has 176 valence electrons. The van der Waals surface area contributed by atoms with E-state index in [0.717, 1.165) is 19.3 Å². The van der Waals surface area contributed by atoms with Gasteiger partial charge in [0, 0.05) is 38.2 Å². The molecular weight excluding hydrogens is 436 g/mol. The van der Waals surface area contributed by atoms with Crippen LogP contribution >= 0.6 is 0 Å². The fourth-order valence-electron chi connectivity index (χ4n) is 4.21. The van der Waals surface area contributed by atoms with Crippen molar-refractivity contribution < 1.29 is 22.6 Å². The van der Waals surface area contributed by atoms with Crippen LogP contribution in [0.1, 0.15) is 43.5 Å². The molecule has 2 heterocycles. The van der Waals surface area contributed by atoms with Crippen LogP contribution < -0.4 is 15.2 Å². The van der Waals surface area contributed by atoms with Crippen LogP contribution in [0.4, 0.5) is 0 Å². The summed E-state index contributed by atoms with van der Waals surface area (Å²) in [6.07, 6.45) is 3.35. The number of aromatic nitrogens is 3. The molecule has 1 atom stereocenters. The van der Waals surface area contributed by atoms with Crippen LogP contribution in [-0.2, 0) is 21.3 Å². The second-order valence-electron chi connectivity index (χ2n) is 8.18. The summed E-state index contributed by atoms with van der Waals surface area (Å²) in [6, 6.07) is 4.84. The zero-order valence-corrected chi connectivity index (χ0v) is 19.5. The van der Waals surface area contributed by atoms with Crippen molar-refractivity contribution in [3.05, 3.63) is 34.5 Å². The molecule has 1 aromatic carbocycles. The van der Waals surface area contributed by atoms with Gasteiger partial charge < -0.3 is 14.2 Å². The van der Waals surface area contributed by atoms with Gasteiger partial charge in [0.05, 0.1) is 27.4 Å². The molecule has 10 nitrogen and oxygen atoms in total. The fourth-order valence-corrected chi connectivity index (χ4v) is 5.87. The molecule has 32 heavy (non-hydrogen) atoms. The van der Waals surface area contributed by atoms with E-state index in [-0.39, 0.29) is 34.8 Å². The van der Waals surface area contributed by atoms with Crippen molar-refractivity contribution in [2.45, 2.75) is 49.1 Å². The largest absolute Gasteiger partial charge is 0.497 e. The number of hydrogen-bond acceptors (Lipinski definition) is 7. The minimum atomic E-state index is -3.79. The number of ether oxygens (including phenoxy) is 3. The number of sulfonamides is 1. The molecule has 11 heteroatoms. The number of benzene rings is 1.